The first-order valence-corrected chi connectivity index (χ1v) is 13.8. The summed E-state index contributed by atoms with van der Waals surface area (Å²) in [6.45, 7) is 10.8. The average Bonchev–Trinajstić information content (AvgIpc) is 3.33. The molecule has 3 nitrogen and oxygen atoms in total. The SMILES string of the molecule is Cc1cc(-c2c(C)ccc3c2oc2c(-c4ccc(-c5ccc(C(C)C)cc5)cc4)c(C#N)ccc23)[n+](C)cc1C. The molecule has 6 rings (SSSR count). The standard InChI is InChI=1S/C37H33N2O/c1-22(2)26-8-10-27(11-9-26)28-12-14-29(15-13-28)35-30(20-38)16-18-32-31-17-7-23(3)34(36(31)40-37(32)35)33-19-24(4)25(5)21-39(33)6/h7-19,21-22H,1-6H3/q+1. The highest BCUT2D eigenvalue weighted by atomic mass is 16.3. The van der Waals surface area contributed by atoms with Crippen molar-refractivity contribution < 1.29 is 8.98 Å². The van der Waals surface area contributed by atoms with Crippen molar-refractivity contribution in [2.24, 2.45) is 7.05 Å². The molecule has 4 aromatic carbocycles. The number of hydrogen-bond donors (Lipinski definition) is 0. The van der Waals surface area contributed by atoms with Gasteiger partial charge in [-0.05, 0) is 72.2 Å². The quantitative estimate of drug-likeness (QED) is 0.217. The van der Waals surface area contributed by atoms with Crippen LogP contribution >= 0.6 is 0 Å². The number of furan rings is 1. The Morgan fingerprint density at radius 1 is 0.675 bits per heavy atom. The van der Waals surface area contributed by atoms with E-state index in [1.807, 2.05) is 12.1 Å². The van der Waals surface area contributed by atoms with E-state index in [4.69, 9.17) is 4.42 Å². The van der Waals surface area contributed by atoms with E-state index >= 15 is 0 Å². The van der Waals surface area contributed by atoms with Gasteiger partial charge < -0.3 is 4.42 Å². The van der Waals surface area contributed by atoms with E-state index in [1.54, 1.807) is 0 Å². The number of nitrogens with zero attached hydrogens (tertiary/aromatic N) is 2. The number of aryl methyl sites for hydroxylation is 4. The molecule has 2 aromatic heterocycles. The normalized spacial score (nSPS) is 11.4. The van der Waals surface area contributed by atoms with E-state index in [1.165, 1.54) is 22.3 Å². The summed E-state index contributed by atoms with van der Waals surface area (Å²) in [7, 11) is 2.08. The molecular weight excluding hydrogens is 488 g/mol. The molecule has 0 aliphatic carbocycles. The summed E-state index contributed by atoms with van der Waals surface area (Å²) in [5.41, 5.74) is 13.5. The second-order valence-electron chi connectivity index (χ2n) is 11.2. The van der Waals surface area contributed by atoms with Crippen molar-refractivity contribution in [2.75, 3.05) is 0 Å². The molecule has 0 saturated heterocycles. The maximum Gasteiger partial charge on any atom is 0.216 e. The minimum absolute atomic E-state index is 0.506. The lowest BCUT2D eigenvalue weighted by Crippen LogP contribution is -2.31. The van der Waals surface area contributed by atoms with Gasteiger partial charge in [0.05, 0.1) is 17.2 Å². The molecule has 0 aliphatic heterocycles. The van der Waals surface area contributed by atoms with Crippen LogP contribution in [0.3, 0.4) is 0 Å². The summed E-state index contributed by atoms with van der Waals surface area (Å²) < 4.78 is 8.93. The third-order valence-corrected chi connectivity index (χ3v) is 8.22. The summed E-state index contributed by atoms with van der Waals surface area (Å²) in [5.74, 6) is 0.506. The molecule has 0 spiro atoms. The van der Waals surface area contributed by atoms with Gasteiger partial charge >= 0.3 is 0 Å². The second-order valence-corrected chi connectivity index (χ2v) is 11.2. The van der Waals surface area contributed by atoms with Crippen LogP contribution in [0.1, 0.15) is 47.6 Å². The molecule has 0 radical (unpaired) electrons. The van der Waals surface area contributed by atoms with Crippen LogP contribution in [0.25, 0.3) is 55.4 Å². The summed E-state index contributed by atoms with van der Waals surface area (Å²) in [5, 5.41) is 12.2. The van der Waals surface area contributed by atoms with Crippen molar-refractivity contribution in [2.45, 2.75) is 40.5 Å². The second kappa shape index (κ2) is 9.81. The van der Waals surface area contributed by atoms with Crippen LogP contribution in [0.4, 0.5) is 0 Å². The van der Waals surface area contributed by atoms with Gasteiger partial charge in [0.25, 0.3) is 0 Å². The van der Waals surface area contributed by atoms with E-state index in [0.29, 0.717) is 11.5 Å². The van der Waals surface area contributed by atoms with Gasteiger partial charge in [-0.25, -0.2) is 4.57 Å². The highest BCUT2D eigenvalue weighted by molar-refractivity contribution is 6.14. The molecule has 0 bridgehead atoms. The number of fused-ring (bicyclic) bond motifs is 3. The summed E-state index contributed by atoms with van der Waals surface area (Å²) in [4.78, 5) is 0. The van der Waals surface area contributed by atoms with Gasteiger partial charge in [0.2, 0.25) is 5.69 Å². The first-order chi connectivity index (χ1) is 19.3. The van der Waals surface area contributed by atoms with Gasteiger partial charge in [-0.2, -0.15) is 5.26 Å². The molecule has 0 saturated carbocycles. The zero-order chi connectivity index (χ0) is 28.1. The molecular formula is C37H33N2O+. The van der Waals surface area contributed by atoms with Gasteiger partial charge in [-0.1, -0.05) is 74.5 Å². The molecule has 2 heterocycles. The van der Waals surface area contributed by atoms with E-state index < -0.39 is 0 Å². The topological polar surface area (TPSA) is 40.8 Å². The smallest absolute Gasteiger partial charge is 0.216 e. The van der Waals surface area contributed by atoms with Gasteiger partial charge in [-0.3, -0.25) is 0 Å². The third kappa shape index (κ3) is 4.17. The molecule has 6 aromatic rings. The average molecular weight is 522 g/mol. The van der Waals surface area contributed by atoms with Gasteiger partial charge in [0, 0.05) is 28.0 Å². The third-order valence-electron chi connectivity index (χ3n) is 8.22. The van der Waals surface area contributed by atoms with Crippen molar-refractivity contribution in [1.82, 2.24) is 0 Å². The van der Waals surface area contributed by atoms with Crippen LogP contribution in [0.2, 0.25) is 0 Å². The van der Waals surface area contributed by atoms with E-state index in [2.05, 4.69) is 125 Å². The first kappa shape index (κ1) is 25.6. The van der Waals surface area contributed by atoms with Crippen LogP contribution in [-0.4, -0.2) is 0 Å². The van der Waals surface area contributed by atoms with Crippen molar-refractivity contribution in [3.8, 4) is 39.6 Å². The Bertz CT molecular complexity index is 1950. The lowest BCUT2D eigenvalue weighted by atomic mass is 9.94. The monoisotopic (exact) mass is 521 g/mol. The maximum absolute atomic E-state index is 10.1. The van der Waals surface area contributed by atoms with Crippen molar-refractivity contribution in [3.63, 3.8) is 0 Å². The van der Waals surface area contributed by atoms with E-state index in [9.17, 15) is 5.26 Å². The first-order valence-electron chi connectivity index (χ1n) is 13.8. The minimum atomic E-state index is 0.506. The number of hydrogen-bond acceptors (Lipinski definition) is 2. The largest absolute Gasteiger partial charge is 0.454 e. The number of pyridine rings is 1. The number of benzene rings is 4. The minimum Gasteiger partial charge on any atom is -0.454 e. The Morgan fingerprint density at radius 2 is 1.25 bits per heavy atom. The van der Waals surface area contributed by atoms with Crippen molar-refractivity contribution in [3.05, 3.63) is 113 Å². The van der Waals surface area contributed by atoms with Crippen molar-refractivity contribution in [1.29, 1.82) is 5.26 Å². The summed E-state index contributed by atoms with van der Waals surface area (Å²) in [6, 6.07) is 30.1. The molecule has 0 unspecified atom stereocenters. The van der Waals surface area contributed by atoms with Gasteiger partial charge in [-0.15, -0.1) is 0 Å². The lowest BCUT2D eigenvalue weighted by Gasteiger charge is -2.09. The molecule has 0 amide bonds. The molecule has 40 heavy (non-hydrogen) atoms. The lowest BCUT2D eigenvalue weighted by molar-refractivity contribution is -0.660. The maximum atomic E-state index is 10.1. The van der Waals surface area contributed by atoms with Crippen LogP contribution < -0.4 is 4.57 Å². The summed E-state index contributed by atoms with van der Waals surface area (Å²) >= 11 is 0. The van der Waals surface area contributed by atoms with E-state index in [0.717, 1.165) is 55.4 Å². The van der Waals surface area contributed by atoms with Crippen LogP contribution in [-0.2, 0) is 7.05 Å². The Morgan fingerprint density at radius 3 is 1.88 bits per heavy atom. The van der Waals surface area contributed by atoms with Crippen LogP contribution in [0.5, 0.6) is 0 Å². The Kier molecular flexibility index (Phi) is 6.28. The fourth-order valence-electron chi connectivity index (χ4n) is 5.72. The molecule has 0 N–H and O–H groups in total. The number of aromatic nitrogens is 1. The fourth-order valence-corrected chi connectivity index (χ4v) is 5.72. The number of nitriles is 1. The molecule has 0 atom stereocenters. The van der Waals surface area contributed by atoms with E-state index in [-0.39, 0.29) is 0 Å². The zero-order valence-electron chi connectivity index (χ0n) is 24.0. The molecule has 0 aliphatic rings. The molecule has 0 fully saturated rings. The zero-order valence-corrected chi connectivity index (χ0v) is 24.0. The van der Waals surface area contributed by atoms with Crippen molar-refractivity contribution >= 4 is 21.9 Å². The Hall–Kier alpha value is -4.68. The summed E-state index contributed by atoms with van der Waals surface area (Å²) in [6.07, 6.45) is 2.17. The highest BCUT2D eigenvalue weighted by Crippen LogP contribution is 2.42. The predicted octanol–water partition coefficient (Wildman–Crippen LogP) is 9.33. The Labute approximate surface area is 236 Å². The van der Waals surface area contributed by atoms with Gasteiger partial charge in [0.15, 0.2) is 6.20 Å². The van der Waals surface area contributed by atoms with Gasteiger partial charge in [0.1, 0.15) is 18.2 Å². The predicted molar refractivity (Wildman–Crippen MR) is 164 cm³/mol. The van der Waals surface area contributed by atoms with Crippen LogP contribution in [0.15, 0.2) is 89.5 Å². The Balaban J connectivity index is 1.54. The fraction of sp³-hybridized carbons (Fsp3) is 0.189. The highest BCUT2D eigenvalue weighted by Gasteiger charge is 2.23. The molecule has 3 heteroatoms. The van der Waals surface area contributed by atoms with Crippen LogP contribution in [0, 0.1) is 32.1 Å². The number of rotatable bonds is 4. The molecule has 196 valence electrons.